The van der Waals surface area contributed by atoms with Gasteiger partial charge in [0.2, 0.25) is 0 Å². The largest absolute Gasteiger partial charge is 0.346 e. The van der Waals surface area contributed by atoms with Gasteiger partial charge in [0.25, 0.3) is 11.5 Å². The molecule has 0 bridgehead atoms. The summed E-state index contributed by atoms with van der Waals surface area (Å²) in [6.07, 6.45) is 1.46. The van der Waals surface area contributed by atoms with Gasteiger partial charge in [-0.05, 0) is 18.2 Å². The first-order valence-electron chi connectivity index (χ1n) is 7.51. The minimum atomic E-state index is -0.514. The first-order chi connectivity index (χ1) is 12.1. The molecule has 0 aliphatic heterocycles. The van der Waals surface area contributed by atoms with Gasteiger partial charge in [-0.1, -0.05) is 18.2 Å². The van der Waals surface area contributed by atoms with Gasteiger partial charge in [0, 0.05) is 17.5 Å². The Labute approximate surface area is 139 Å². The van der Waals surface area contributed by atoms with Gasteiger partial charge in [-0.3, -0.25) is 9.59 Å². The van der Waals surface area contributed by atoms with Crippen LogP contribution in [0.5, 0.6) is 0 Å². The van der Waals surface area contributed by atoms with Crippen LogP contribution in [-0.4, -0.2) is 26.1 Å². The highest BCUT2D eigenvalue weighted by molar-refractivity contribution is 6.04. The quantitative estimate of drug-likeness (QED) is 0.531. The van der Waals surface area contributed by atoms with E-state index in [-0.39, 0.29) is 23.4 Å². The van der Waals surface area contributed by atoms with Crippen LogP contribution in [0.25, 0.3) is 21.8 Å². The Kier molecular flexibility index (Phi) is 3.50. The first-order valence-corrected chi connectivity index (χ1v) is 7.51. The van der Waals surface area contributed by atoms with Crippen molar-refractivity contribution in [3.05, 3.63) is 70.2 Å². The Morgan fingerprint density at radius 2 is 1.96 bits per heavy atom. The van der Waals surface area contributed by atoms with Crippen LogP contribution in [0.2, 0.25) is 0 Å². The molecule has 0 fully saturated rings. The Morgan fingerprint density at radius 3 is 2.80 bits per heavy atom. The predicted molar refractivity (Wildman–Crippen MR) is 89.6 cm³/mol. The van der Waals surface area contributed by atoms with Crippen molar-refractivity contribution in [3.8, 4) is 0 Å². The third-order valence-corrected chi connectivity index (χ3v) is 3.98. The second-order valence-electron chi connectivity index (χ2n) is 5.45. The molecule has 4 rings (SSSR count). The maximum absolute atomic E-state index is 14.1. The van der Waals surface area contributed by atoms with E-state index in [9.17, 15) is 14.0 Å². The second-order valence-corrected chi connectivity index (χ2v) is 5.45. The average molecular weight is 337 g/mol. The number of amides is 1. The minimum Gasteiger partial charge on any atom is -0.346 e. The number of H-pyrrole nitrogens is 2. The number of nitrogens with zero attached hydrogens (tertiary/aromatic N) is 2. The molecule has 2 aromatic carbocycles. The summed E-state index contributed by atoms with van der Waals surface area (Å²) in [5, 5.41) is 9.56. The SMILES string of the molecule is O=C(NCc1c(F)ccc2[nH]cnc12)c1n[nH]c(=O)c2ccccc12. The van der Waals surface area contributed by atoms with Crippen LogP contribution < -0.4 is 10.9 Å². The number of hydrogen-bond donors (Lipinski definition) is 3. The molecule has 0 atom stereocenters. The van der Waals surface area contributed by atoms with Crippen molar-refractivity contribution in [3.63, 3.8) is 0 Å². The number of aromatic nitrogens is 4. The van der Waals surface area contributed by atoms with Crippen molar-refractivity contribution in [1.82, 2.24) is 25.5 Å². The molecular weight excluding hydrogens is 325 g/mol. The average Bonchev–Trinajstić information content (AvgIpc) is 3.10. The number of benzene rings is 2. The van der Waals surface area contributed by atoms with Crippen LogP contribution in [0.1, 0.15) is 16.1 Å². The molecule has 7 nitrogen and oxygen atoms in total. The third-order valence-electron chi connectivity index (χ3n) is 3.98. The highest BCUT2D eigenvalue weighted by Gasteiger charge is 2.16. The molecule has 0 aliphatic rings. The van der Waals surface area contributed by atoms with Crippen LogP contribution in [0.3, 0.4) is 0 Å². The van der Waals surface area contributed by atoms with Gasteiger partial charge in [-0.15, -0.1) is 0 Å². The van der Waals surface area contributed by atoms with Gasteiger partial charge in [-0.25, -0.2) is 14.5 Å². The molecule has 0 aliphatic carbocycles. The second kappa shape index (κ2) is 5.82. The van der Waals surface area contributed by atoms with Crippen molar-refractivity contribution in [1.29, 1.82) is 0 Å². The van der Waals surface area contributed by atoms with Gasteiger partial charge < -0.3 is 10.3 Å². The zero-order valence-corrected chi connectivity index (χ0v) is 12.8. The summed E-state index contributed by atoms with van der Waals surface area (Å²) in [6, 6.07) is 9.56. The van der Waals surface area contributed by atoms with E-state index in [0.717, 1.165) is 0 Å². The smallest absolute Gasteiger partial charge is 0.272 e. The van der Waals surface area contributed by atoms with E-state index in [2.05, 4.69) is 25.5 Å². The lowest BCUT2D eigenvalue weighted by atomic mass is 10.1. The summed E-state index contributed by atoms with van der Waals surface area (Å²) in [5.41, 5.74) is 1.11. The number of aromatic amines is 2. The molecule has 124 valence electrons. The lowest BCUT2D eigenvalue weighted by Gasteiger charge is -2.08. The van der Waals surface area contributed by atoms with Crippen molar-refractivity contribution < 1.29 is 9.18 Å². The normalized spacial score (nSPS) is 11.1. The van der Waals surface area contributed by atoms with Gasteiger partial charge in [-0.2, -0.15) is 5.10 Å². The maximum atomic E-state index is 14.1. The zero-order chi connectivity index (χ0) is 17.4. The Bertz CT molecular complexity index is 1160. The molecule has 0 spiro atoms. The van der Waals surface area contributed by atoms with Crippen LogP contribution in [0, 0.1) is 5.82 Å². The first kappa shape index (κ1) is 15.0. The fraction of sp³-hybridized carbons (Fsp3) is 0.0588. The number of hydrogen-bond acceptors (Lipinski definition) is 4. The van der Waals surface area contributed by atoms with Crippen LogP contribution in [0.4, 0.5) is 4.39 Å². The Balaban J connectivity index is 1.67. The number of carbonyl (C=O) groups is 1. The van der Waals surface area contributed by atoms with Crippen LogP contribution in [-0.2, 0) is 6.54 Å². The number of fused-ring (bicyclic) bond motifs is 2. The fourth-order valence-corrected chi connectivity index (χ4v) is 2.75. The summed E-state index contributed by atoms with van der Waals surface area (Å²) in [4.78, 5) is 31.2. The third kappa shape index (κ3) is 2.53. The molecule has 2 heterocycles. The lowest BCUT2D eigenvalue weighted by Crippen LogP contribution is -2.26. The van der Waals surface area contributed by atoms with E-state index in [4.69, 9.17) is 0 Å². The number of nitrogens with one attached hydrogen (secondary N) is 3. The summed E-state index contributed by atoms with van der Waals surface area (Å²) in [6.45, 7) is -0.0536. The van der Waals surface area contributed by atoms with E-state index >= 15 is 0 Å². The topological polar surface area (TPSA) is 104 Å². The Morgan fingerprint density at radius 1 is 1.16 bits per heavy atom. The fourth-order valence-electron chi connectivity index (χ4n) is 2.75. The highest BCUT2D eigenvalue weighted by atomic mass is 19.1. The van der Waals surface area contributed by atoms with E-state index in [0.29, 0.717) is 21.8 Å². The van der Waals surface area contributed by atoms with E-state index in [1.807, 2.05) is 0 Å². The summed E-state index contributed by atoms with van der Waals surface area (Å²) < 4.78 is 14.1. The molecule has 25 heavy (non-hydrogen) atoms. The van der Waals surface area contributed by atoms with Gasteiger partial charge in [0.1, 0.15) is 5.82 Å². The molecule has 1 amide bonds. The standard InChI is InChI=1S/C17H12FN5O2/c18-12-5-6-13-14(21-8-20-13)11(12)7-19-17(25)15-9-3-1-2-4-10(9)16(24)23-22-15/h1-6,8H,7H2,(H,19,25)(H,20,21)(H,23,24). The number of rotatable bonds is 3. The molecule has 0 saturated heterocycles. The monoisotopic (exact) mass is 337 g/mol. The van der Waals surface area contributed by atoms with Crippen molar-refractivity contribution >= 4 is 27.7 Å². The summed E-state index contributed by atoms with van der Waals surface area (Å²) in [5.74, 6) is -0.974. The number of imidazole rings is 1. The molecule has 0 unspecified atom stereocenters. The van der Waals surface area contributed by atoms with E-state index in [1.54, 1.807) is 30.3 Å². The molecule has 0 radical (unpaired) electrons. The number of halogens is 1. The molecule has 2 aromatic heterocycles. The van der Waals surface area contributed by atoms with E-state index in [1.165, 1.54) is 12.4 Å². The van der Waals surface area contributed by atoms with Gasteiger partial charge in [0.15, 0.2) is 5.69 Å². The van der Waals surface area contributed by atoms with Crippen molar-refractivity contribution in [2.75, 3.05) is 0 Å². The predicted octanol–water partition coefficient (Wildman–Crippen LogP) is 1.87. The molecule has 4 aromatic rings. The Hall–Kier alpha value is -3.55. The summed E-state index contributed by atoms with van der Waals surface area (Å²) in [7, 11) is 0. The molecule has 8 heteroatoms. The van der Waals surface area contributed by atoms with E-state index < -0.39 is 11.7 Å². The zero-order valence-electron chi connectivity index (χ0n) is 12.8. The highest BCUT2D eigenvalue weighted by Crippen LogP contribution is 2.19. The van der Waals surface area contributed by atoms with Crippen LogP contribution in [0.15, 0.2) is 47.5 Å². The summed E-state index contributed by atoms with van der Waals surface area (Å²) >= 11 is 0. The number of carbonyl (C=O) groups excluding carboxylic acids is 1. The molecule has 0 saturated carbocycles. The molecule has 3 N–H and O–H groups in total. The lowest BCUT2D eigenvalue weighted by molar-refractivity contribution is 0.0946. The van der Waals surface area contributed by atoms with Crippen molar-refractivity contribution in [2.24, 2.45) is 0 Å². The maximum Gasteiger partial charge on any atom is 0.272 e. The van der Waals surface area contributed by atoms with Crippen molar-refractivity contribution in [2.45, 2.75) is 6.54 Å². The van der Waals surface area contributed by atoms with Gasteiger partial charge in [0.05, 0.1) is 22.7 Å². The minimum absolute atomic E-state index is 0.0536. The van der Waals surface area contributed by atoms with Crippen LogP contribution >= 0.6 is 0 Å². The van der Waals surface area contributed by atoms with Gasteiger partial charge >= 0.3 is 0 Å². The molecular formula is C17H12FN5O2.